The van der Waals surface area contributed by atoms with E-state index in [2.05, 4.69) is 5.32 Å². The molecule has 3 rings (SSSR count). The predicted octanol–water partition coefficient (Wildman–Crippen LogP) is 1.83. The summed E-state index contributed by atoms with van der Waals surface area (Å²) in [4.78, 5) is 26.4. The van der Waals surface area contributed by atoms with Crippen molar-refractivity contribution in [1.29, 1.82) is 0 Å². The van der Waals surface area contributed by atoms with Gasteiger partial charge in [-0.25, -0.2) is 0 Å². The zero-order chi connectivity index (χ0) is 16.4. The summed E-state index contributed by atoms with van der Waals surface area (Å²) in [6, 6.07) is 10.5. The lowest BCUT2D eigenvalue weighted by Gasteiger charge is -2.37. The number of pyridine rings is 1. The van der Waals surface area contributed by atoms with Gasteiger partial charge in [0.25, 0.3) is 11.5 Å². The van der Waals surface area contributed by atoms with Gasteiger partial charge < -0.3 is 14.8 Å². The van der Waals surface area contributed by atoms with Crippen molar-refractivity contribution in [2.24, 2.45) is 7.05 Å². The van der Waals surface area contributed by atoms with Crippen molar-refractivity contribution in [2.75, 3.05) is 19.6 Å². The number of rotatable bonds is 2. The second kappa shape index (κ2) is 6.56. The molecule has 0 aliphatic carbocycles. The number of piperazine rings is 1. The lowest BCUT2D eigenvalue weighted by Crippen LogP contribution is -2.49. The fourth-order valence-corrected chi connectivity index (χ4v) is 3.08. The number of hydrogen-bond acceptors (Lipinski definition) is 3. The molecule has 0 radical (unpaired) electrons. The molecule has 2 aromatic rings. The molecule has 0 spiro atoms. The lowest BCUT2D eigenvalue weighted by atomic mass is 10.0. The van der Waals surface area contributed by atoms with Crippen LogP contribution in [0.1, 0.15) is 22.0 Å². The number of amides is 1. The Kier molecular flexibility index (Phi) is 4.50. The Bertz CT molecular complexity index is 787. The minimum absolute atomic E-state index is 0.144. The van der Waals surface area contributed by atoms with Crippen LogP contribution in [0, 0.1) is 0 Å². The van der Waals surface area contributed by atoms with Gasteiger partial charge in [0.05, 0.1) is 6.04 Å². The zero-order valence-corrected chi connectivity index (χ0v) is 13.6. The largest absolute Gasteiger partial charge is 0.329 e. The van der Waals surface area contributed by atoms with Gasteiger partial charge in [-0.3, -0.25) is 9.59 Å². The number of benzene rings is 1. The lowest BCUT2D eigenvalue weighted by molar-refractivity contribution is 0.0634. The summed E-state index contributed by atoms with van der Waals surface area (Å²) < 4.78 is 1.44. The molecular weight excluding hydrogens is 314 g/mol. The highest BCUT2D eigenvalue weighted by molar-refractivity contribution is 6.31. The SMILES string of the molecule is Cn1ccc(C(=O)N2CCNCC2c2ccccc2Cl)cc1=O. The first-order valence-corrected chi connectivity index (χ1v) is 7.88. The van der Waals surface area contributed by atoms with Crippen molar-refractivity contribution in [3.8, 4) is 0 Å². The molecule has 1 fully saturated rings. The number of hydrogen-bond donors (Lipinski definition) is 1. The van der Waals surface area contributed by atoms with E-state index in [1.807, 2.05) is 24.3 Å². The van der Waals surface area contributed by atoms with Gasteiger partial charge in [0.15, 0.2) is 0 Å². The molecule has 1 unspecified atom stereocenters. The van der Waals surface area contributed by atoms with Crippen molar-refractivity contribution in [2.45, 2.75) is 6.04 Å². The van der Waals surface area contributed by atoms with Gasteiger partial charge in [-0.1, -0.05) is 29.8 Å². The second-order valence-corrected chi connectivity index (χ2v) is 6.01. The molecule has 1 aromatic heterocycles. The van der Waals surface area contributed by atoms with Crippen LogP contribution in [0.25, 0.3) is 0 Å². The van der Waals surface area contributed by atoms with Crippen LogP contribution < -0.4 is 10.9 Å². The van der Waals surface area contributed by atoms with Gasteiger partial charge in [0, 0.05) is 49.5 Å². The quantitative estimate of drug-likeness (QED) is 0.913. The van der Waals surface area contributed by atoms with Crippen LogP contribution in [0.3, 0.4) is 0 Å². The predicted molar refractivity (Wildman–Crippen MR) is 89.8 cm³/mol. The van der Waals surface area contributed by atoms with Crippen LogP contribution in [0.5, 0.6) is 0 Å². The Morgan fingerprint density at radius 3 is 2.83 bits per heavy atom. The van der Waals surface area contributed by atoms with Crippen molar-refractivity contribution in [3.05, 3.63) is 69.1 Å². The molecule has 1 aliphatic rings. The minimum Gasteiger partial charge on any atom is -0.329 e. The Morgan fingerprint density at radius 2 is 2.09 bits per heavy atom. The first-order chi connectivity index (χ1) is 11.1. The van der Waals surface area contributed by atoms with E-state index in [-0.39, 0.29) is 17.5 Å². The Balaban J connectivity index is 1.95. The maximum atomic E-state index is 12.9. The summed E-state index contributed by atoms with van der Waals surface area (Å²) in [5.74, 6) is -0.144. The Labute approximate surface area is 139 Å². The van der Waals surface area contributed by atoms with E-state index in [1.165, 1.54) is 10.6 Å². The molecule has 1 saturated heterocycles. The molecule has 1 aliphatic heterocycles. The molecule has 2 heterocycles. The summed E-state index contributed by atoms with van der Waals surface area (Å²) in [5, 5.41) is 3.94. The number of aryl methyl sites for hydroxylation is 1. The molecule has 1 N–H and O–H groups in total. The molecule has 6 heteroatoms. The number of carbonyl (C=O) groups is 1. The maximum absolute atomic E-state index is 12.9. The topological polar surface area (TPSA) is 54.3 Å². The third kappa shape index (κ3) is 3.16. The summed E-state index contributed by atoms with van der Waals surface area (Å²) in [5.41, 5.74) is 1.13. The number of aromatic nitrogens is 1. The van der Waals surface area contributed by atoms with Crippen LogP contribution in [0.2, 0.25) is 5.02 Å². The smallest absolute Gasteiger partial charge is 0.254 e. The summed E-state index contributed by atoms with van der Waals surface area (Å²) >= 11 is 6.30. The van der Waals surface area contributed by atoms with E-state index in [1.54, 1.807) is 24.2 Å². The van der Waals surface area contributed by atoms with Crippen LogP contribution in [0.4, 0.5) is 0 Å². The summed E-state index contributed by atoms with van der Waals surface area (Å²) in [6.07, 6.45) is 1.61. The number of nitrogens with one attached hydrogen (secondary N) is 1. The third-order valence-electron chi connectivity index (χ3n) is 4.12. The standard InChI is InChI=1S/C17H18ClN3O2/c1-20-8-6-12(10-16(20)22)17(23)21-9-7-19-11-15(21)13-4-2-3-5-14(13)18/h2-6,8,10,15,19H,7,9,11H2,1H3. The number of carbonyl (C=O) groups excluding carboxylic acids is 1. The highest BCUT2D eigenvalue weighted by atomic mass is 35.5. The zero-order valence-electron chi connectivity index (χ0n) is 12.8. The Morgan fingerprint density at radius 1 is 1.30 bits per heavy atom. The molecule has 1 atom stereocenters. The molecule has 1 amide bonds. The van der Waals surface area contributed by atoms with E-state index < -0.39 is 0 Å². The summed E-state index contributed by atoms with van der Waals surface area (Å²) in [6.45, 7) is 1.93. The highest BCUT2D eigenvalue weighted by Crippen LogP contribution is 2.29. The molecule has 23 heavy (non-hydrogen) atoms. The first-order valence-electron chi connectivity index (χ1n) is 7.51. The molecule has 0 bridgehead atoms. The molecule has 1 aromatic carbocycles. The van der Waals surface area contributed by atoms with E-state index in [9.17, 15) is 9.59 Å². The first kappa shape index (κ1) is 15.8. The normalized spacial score (nSPS) is 18.0. The van der Waals surface area contributed by atoms with Crippen LogP contribution in [0.15, 0.2) is 47.4 Å². The van der Waals surface area contributed by atoms with E-state index in [0.29, 0.717) is 23.7 Å². The average molecular weight is 332 g/mol. The second-order valence-electron chi connectivity index (χ2n) is 5.60. The molecule has 120 valence electrons. The van der Waals surface area contributed by atoms with Crippen LogP contribution in [-0.4, -0.2) is 35.0 Å². The third-order valence-corrected chi connectivity index (χ3v) is 4.46. The Hall–Kier alpha value is -2.11. The van der Waals surface area contributed by atoms with E-state index >= 15 is 0 Å². The molecular formula is C17H18ClN3O2. The van der Waals surface area contributed by atoms with Crippen molar-refractivity contribution >= 4 is 17.5 Å². The van der Waals surface area contributed by atoms with Crippen LogP contribution >= 0.6 is 11.6 Å². The fraction of sp³-hybridized carbons (Fsp3) is 0.294. The van der Waals surface area contributed by atoms with Gasteiger partial charge in [-0.15, -0.1) is 0 Å². The monoisotopic (exact) mass is 331 g/mol. The highest BCUT2D eigenvalue weighted by Gasteiger charge is 2.29. The fourth-order valence-electron chi connectivity index (χ4n) is 2.82. The van der Waals surface area contributed by atoms with Gasteiger partial charge >= 0.3 is 0 Å². The average Bonchev–Trinajstić information content (AvgIpc) is 2.57. The molecule has 0 saturated carbocycles. The van der Waals surface area contributed by atoms with Crippen molar-refractivity contribution < 1.29 is 4.79 Å². The molecule has 5 nitrogen and oxygen atoms in total. The van der Waals surface area contributed by atoms with Gasteiger partial charge in [0.2, 0.25) is 0 Å². The van der Waals surface area contributed by atoms with Gasteiger partial charge in [-0.2, -0.15) is 0 Å². The number of halogens is 1. The van der Waals surface area contributed by atoms with Gasteiger partial charge in [-0.05, 0) is 17.7 Å². The van der Waals surface area contributed by atoms with Crippen LogP contribution in [-0.2, 0) is 7.05 Å². The van der Waals surface area contributed by atoms with E-state index in [4.69, 9.17) is 11.6 Å². The minimum atomic E-state index is -0.194. The maximum Gasteiger partial charge on any atom is 0.254 e. The summed E-state index contributed by atoms with van der Waals surface area (Å²) in [7, 11) is 1.66. The van der Waals surface area contributed by atoms with Gasteiger partial charge in [0.1, 0.15) is 0 Å². The van der Waals surface area contributed by atoms with Crippen molar-refractivity contribution in [3.63, 3.8) is 0 Å². The number of nitrogens with zero attached hydrogens (tertiary/aromatic N) is 2. The van der Waals surface area contributed by atoms with E-state index in [0.717, 1.165) is 12.1 Å². The van der Waals surface area contributed by atoms with Crippen molar-refractivity contribution in [1.82, 2.24) is 14.8 Å².